The van der Waals surface area contributed by atoms with Crippen LogP contribution >= 0.6 is 0 Å². The number of fused-ring (bicyclic) bond motifs is 1. The molecule has 0 unspecified atom stereocenters. The van der Waals surface area contributed by atoms with Crippen molar-refractivity contribution in [3.63, 3.8) is 0 Å². The Balaban J connectivity index is 1.90. The van der Waals surface area contributed by atoms with Gasteiger partial charge in [-0.1, -0.05) is 30.3 Å². The van der Waals surface area contributed by atoms with Crippen LogP contribution in [0, 0.1) is 0 Å². The van der Waals surface area contributed by atoms with Crippen molar-refractivity contribution < 1.29 is 14.7 Å². The maximum atomic E-state index is 12.9. The number of aliphatic carboxylic acids is 1. The van der Waals surface area contributed by atoms with Crippen molar-refractivity contribution in [3.05, 3.63) is 71.6 Å². The fourth-order valence-corrected chi connectivity index (χ4v) is 2.77. The zero-order chi connectivity index (χ0) is 17.8. The van der Waals surface area contributed by atoms with E-state index >= 15 is 0 Å². The summed E-state index contributed by atoms with van der Waals surface area (Å²) in [6, 6.07) is 14.8. The second kappa shape index (κ2) is 7.09. The monoisotopic (exact) mass is 337 g/mol. The molecule has 2 aromatic rings. The lowest BCUT2D eigenvalue weighted by molar-refractivity contribution is -0.136. The van der Waals surface area contributed by atoms with Gasteiger partial charge in [-0.05, 0) is 30.2 Å². The Morgan fingerprint density at radius 3 is 2.64 bits per heavy atom. The van der Waals surface area contributed by atoms with E-state index in [0.717, 1.165) is 5.56 Å². The number of rotatable bonds is 5. The minimum Gasteiger partial charge on any atom is -0.481 e. The molecule has 0 radical (unpaired) electrons. The average Bonchev–Trinajstić information content (AvgIpc) is 2.71. The summed E-state index contributed by atoms with van der Waals surface area (Å²) in [6.45, 7) is 0.446. The number of amides is 1. The van der Waals surface area contributed by atoms with E-state index in [4.69, 9.17) is 10.8 Å². The van der Waals surface area contributed by atoms with E-state index in [1.165, 1.54) is 0 Å². The maximum absolute atomic E-state index is 12.9. The molecule has 1 aliphatic heterocycles. The van der Waals surface area contributed by atoms with Crippen molar-refractivity contribution in [2.24, 2.45) is 0 Å². The van der Waals surface area contributed by atoms with Crippen LogP contribution in [0.1, 0.15) is 22.3 Å². The molecule has 25 heavy (non-hydrogen) atoms. The van der Waals surface area contributed by atoms with E-state index in [-0.39, 0.29) is 12.3 Å². The second-order valence-corrected chi connectivity index (χ2v) is 5.89. The Morgan fingerprint density at radius 2 is 1.92 bits per heavy atom. The topological polar surface area (TPSA) is 95.7 Å². The van der Waals surface area contributed by atoms with Crippen molar-refractivity contribution in [2.45, 2.75) is 12.8 Å². The first kappa shape index (κ1) is 16.6. The van der Waals surface area contributed by atoms with Crippen LogP contribution in [0.4, 0.5) is 11.4 Å². The number of carboxylic acids is 1. The molecule has 0 fully saturated rings. The van der Waals surface area contributed by atoms with Crippen LogP contribution in [0.15, 0.2) is 60.4 Å². The first-order valence-electron chi connectivity index (χ1n) is 7.97. The van der Waals surface area contributed by atoms with Gasteiger partial charge in [0, 0.05) is 24.1 Å². The van der Waals surface area contributed by atoms with Crippen molar-refractivity contribution in [2.75, 3.05) is 17.6 Å². The number of anilines is 2. The minimum atomic E-state index is -0.965. The highest BCUT2D eigenvalue weighted by molar-refractivity contribution is 6.02. The predicted molar refractivity (Wildman–Crippen MR) is 96.0 cm³/mol. The lowest BCUT2D eigenvalue weighted by Crippen LogP contribution is -2.27. The summed E-state index contributed by atoms with van der Waals surface area (Å²) in [5.41, 5.74) is 8.86. The van der Waals surface area contributed by atoms with Gasteiger partial charge in [0.1, 0.15) is 0 Å². The second-order valence-electron chi connectivity index (χ2n) is 5.89. The molecular formula is C19H19N3O3. The van der Waals surface area contributed by atoms with Gasteiger partial charge in [0.25, 0.3) is 5.91 Å². The van der Waals surface area contributed by atoms with Crippen molar-refractivity contribution in [3.8, 4) is 0 Å². The van der Waals surface area contributed by atoms with Gasteiger partial charge >= 0.3 is 5.97 Å². The summed E-state index contributed by atoms with van der Waals surface area (Å²) in [5.74, 6) is -1.17. The van der Waals surface area contributed by atoms with Gasteiger partial charge in [0.2, 0.25) is 0 Å². The maximum Gasteiger partial charge on any atom is 0.309 e. The van der Waals surface area contributed by atoms with Gasteiger partial charge in [-0.3, -0.25) is 9.59 Å². The number of benzene rings is 2. The number of nitrogens with one attached hydrogen (secondary N) is 1. The molecule has 0 spiro atoms. The van der Waals surface area contributed by atoms with Crippen LogP contribution in [0.2, 0.25) is 0 Å². The normalized spacial score (nSPS) is 13.5. The molecule has 1 amide bonds. The molecule has 0 saturated heterocycles. The largest absolute Gasteiger partial charge is 0.481 e. The molecule has 0 bridgehead atoms. The molecule has 1 heterocycles. The van der Waals surface area contributed by atoms with E-state index in [0.29, 0.717) is 35.6 Å². The third kappa shape index (κ3) is 3.98. The van der Waals surface area contributed by atoms with Crippen LogP contribution in [0.3, 0.4) is 0 Å². The molecule has 4 N–H and O–H groups in total. The first-order valence-corrected chi connectivity index (χ1v) is 7.97. The Bertz CT molecular complexity index is 831. The highest BCUT2D eigenvalue weighted by Gasteiger charge is 2.23. The Kier molecular flexibility index (Phi) is 4.70. The fraction of sp³-hybridized carbons (Fsp3) is 0.158. The Labute approximate surface area is 145 Å². The highest BCUT2D eigenvalue weighted by atomic mass is 16.4. The zero-order valence-electron chi connectivity index (χ0n) is 13.6. The number of carboxylic acid groups (broad SMARTS) is 1. The summed E-state index contributed by atoms with van der Waals surface area (Å²) in [7, 11) is 0. The molecule has 128 valence electrons. The van der Waals surface area contributed by atoms with Gasteiger partial charge in [-0.2, -0.15) is 0 Å². The number of nitrogens with zero attached hydrogens (tertiary/aromatic N) is 1. The van der Waals surface area contributed by atoms with Gasteiger partial charge in [-0.15, -0.1) is 0 Å². The Morgan fingerprint density at radius 1 is 1.16 bits per heavy atom. The number of hydrogen-bond donors (Lipinski definition) is 3. The van der Waals surface area contributed by atoms with Gasteiger partial charge in [-0.25, -0.2) is 0 Å². The van der Waals surface area contributed by atoms with Crippen LogP contribution in [-0.2, 0) is 11.2 Å². The van der Waals surface area contributed by atoms with Crippen molar-refractivity contribution >= 4 is 23.3 Å². The molecule has 0 aliphatic carbocycles. The van der Waals surface area contributed by atoms with Gasteiger partial charge in [0.05, 0.1) is 17.7 Å². The highest BCUT2D eigenvalue weighted by Crippen LogP contribution is 2.26. The zero-order valence-corrected chi connectivity index (χ0v) is 13.6. The molecule has 0 saturated carbocycles. The number of nitrogen functional groups attached to an aromatic ring is 1. The van der Waals surface area contributed by atoms with Gasteiger partial charge < -0.3 is 21.1 Å². The van der Waals surface area contributed by atoms with Crippen LogP contribution in [-0.4, -0.2) is 28.4 Å². The number of carbonyl (C=O) groups is 2. The molecular weight excluding hydrogens is 318 g/mol. The lowest BCUT2D eigenvalue weighted by atomic mass is 10.1. The standard InChI is InChI=1S/C19H19N3O3/c20-14-6-7-17-16(10-14)19(25)22(12-15(21-17)11-18(23)24)9-8-13-4-2-1-3-5-13/h1-7,10,12,21H,8-9,11,20H2,(H,23,24). The predicted octanol–water partition coefficient (Wildman–Crippen LogP) is 2.70. The number of carbonyl (C=O) groups excluding carboxylic acids is 1. The van der Waals surface area contributed by atoms with Crippen molar-refractivity contribution in [1.82, 2.24) is 4.90 Å². The SMILES string of the molecule is Nc1ccc2c(c1)C(=O)N(CCc1ccccc1)C=C(CC(=O)O)N2. The lowest BCUT2D eigenvalue weighted by Gasteiger charge is -2.18. The molecule has 0 aromatic heterocycles. The number of nitrogens with two attached hydrogens (primary N) is 1. The first-order chi connectivity index (χ1) is 12.0. The average molecular weight is 337 g/mol. The quantitative estimate of drug-likeness (QED) is 0.729. The van der Waals surface area contributed by atoms with E-state index in [1.54, 1.807) is 29.3 Å². The molecule has 2 aromatic carbocycles. The summed E-state index contributed by atoms with van der Waals surface area (Å²) in [4.78, 5) is 25.5. The summed E-state index contributed by atoms with van der Waals surface area (Å²) < 4.78 is 0. The third-order valence-corrected chi connectivity index (χ3v) is 3.97. The third-order valence-electron chi connectivity index (χ3n) is 3.97. The molecule has 6 heteroatoms. The smallest absolute Gasteiger partial charge is 0.309 e. The van der Waals surface area contributed by atoms with E-state index in [1.807, 2.05) is 30.3 Å². The molecule has 0 atom stereocenters. The van der Waals surface area contributed by atoms with Crippen LogP contribution in [0.5, 0.6) is 0 Å². The fourth-order valence-electron chi connectivity index (χ4n) is 2.77. The minimum absolute atomic E-state index is 0.196. The summed E-state index contributed by atoms with van der Waals surface area (Å²) in [6.07, 6.45) is 2.05. The number of hydrogen-bond acceptors (Lipinski definition) is 4. The Hall–Kier alpha value is -3.28. The van der Waals surface area contributed by atoms with Crippen LogP contribution < -0.4 is 11.1 Å². The molecule has 1 aliphatic rings. The van der Waals surface area contributed by atoms with Crippen molar-refractivity contribution in [1.29, 1.82) is 0 Å². The van der Waals surface area contributed by atoms with E-state index in [9.17, 15) is 9.59 Å². The molecule has 3 rings (SSSR count). The van der Waals surface area contributed by atoms with Gasteiger partial charge in [0.15, 0.2) is 0 Å². The van der Waals surface area contributed by atoms with Crippen LogP contribution in [0.25, 0.3) is 0 Å². The van der Waals surface area contributed by atoms with E-state index < -0.39 is 5.97 Å². The summed E-state index contributed by atoms with van der Waals surface area (Å²) >= 11 is 0. The summed E-state index contributed by atoms with van der Waals surface area (Å²) in [5, 5.41) is 12.1. The molecule has 6 nitrogen and oxygen atoms in total. The van der Waals surface area contributed by atoms with E-state index in [2.05, 4.69) is 5.32 Å².